The van der Waals surface area contributed by atoms with Crippen LogP contribution in [0.15, 0.2) is 24.5 Å². The lowest BCUT2D eigenvalue weighted by atomic mass is 9.98. The van der Waals surface area contributed by atoms with Crippen LogP contribution in [0, 0.1) is 0 Å². The molecule has 1 aromatic heterocycles. The first-order chi connectivity index (χ1) is 10.1. The van der Waals surface area contributed by atoms with E-state index in [2.05, 4.69) is 22.0 Å². The molecule has 5 heteroatoms. The molecule has 21 heavy (non-hydrogen) atoms. The standard InChI is InChI=1S/C16H23N3O2/c1-18(2)16(20)15-4-3-13-14(21-15)7-10-19(13)11-12-5-8-17-9-6-12/h5-6,8-9,13-15H,3-4,7,10-11H2,1-2H3/t13-,14-,15-/m1/s1. The van der Waals surface area contributed by atoms with Crippen molar-refractivity contribution in [2.45, 2.75) is 44.1 Å². The summed E-state index contributed by atoms with van der Waals surface area (Å²) in [6, 6.07) is 4.58. The third kappa shape index (κ3) is 3.09. The first-order valence-corrected chi connectivity index (χ1v) is 7.64. The topological polar surface area (TPSA) is 45.7 Å². The highest BCUT2D eigenvalue weighted by molar-refractivity contribution is 5.80. The Morgan fingerprint density at radius 3 is 2.81 bits per heavy atom. The second-order valence-electron chi connectivity index (χ2n) is 6.16. The SMILES string of the molecule is CN(C)C(=O)[C@H]1CC[C@@H]2[C@@H](CCN2Cc2ccncc2)O1. The lowest BCUT2D eigenvalue weighted by Gasteiger charge is -2.36. The minimum Gasteiger partial charge on any atom is -0.363 e. The molecule has 3 rings (SSSR count). The number of ether oxygens (including phenoxy) is 1. The van der Waals surface area contributed by atoms with Gasteiger partial charge in [-0.15, -0.1) is 0 Å². The van der Waals surface area contributed by atoms with Gasteiger partial charge in [0.15, 0.2) is 0 Å². The van der Waals surface area contributed by atoms with Crippen LogP contribution in [0.2, 0.25) is 0 Å². The van der Waals surface area contributed by atoms with Crippen molar-refractivity contribution in [1.29, 1.82) is 0 Å². The first-order valence-electron chi connectivity index (χ1n) is 7.64. The van der Waals surface area contributed by atoms with Gasteiger partial charge in [-0.3, -0.25) is 14.7 Å². The predicted molar refractivity (Wildman–Crippen MR) is 79.6 cm³/mol. The number of likely N-dealkylation sites (tertiary alicyclic amines) is 1. The second-order valence-corrected chi connectivity index (χ2v) is 6.16. The Hall–Kier alpha value is -1.46. The van der Waals surface area contributed by atoms with E-state index in [9.17, 15) is 4.79 Å². The average molecular weight is 289 g/mol. The molecule has 2 aliphatic heterocycles. The number of hydrogen-bond acceptors (Lipinski definition) is 4. The Kier molecular flexibility index (Phi) is 4.22. The minimum absolute atomic E-state index is 0.0982. The number of fused-ring (bicyclic) bond motifs is 1. The predicted octanol–water partition coefficient (Wildman–Crippen LogP) is 1.29. The summed E-state index contributed by atoms with van der Waals surface area (Å²) in [6.45, 7) is 1.99. The quantitative estimate of drug-likeness (QED) is 0.841. The summed E-state index contributed by atoms with van der Waals surface area (Å²) in [7, 11) is 3.59. The summed E-state index contributed by atoms with van der Waals surface area (Å²) in [5, 5.41) is 0. The van der Waals surface area contributed by atoms with Gasteiger partial charge in [-0.1, -0.05) is 0 Å². The summed E-state index contributed by atoms with van der Waals surface area (Å²) in [4.78, 5) is 20.2. The Balaban J connectivity index is 1.61. The van der Waals surface area contributed by atoms with Gasteiger partial charge < -0.3 is 9.64 Å². The monoisotopic (exact) mass is 289 g/mol. The highest BCUT2D eigenvalue weighted by atomic mass is 16.5. The highest BCUT2D eigenvalue weighted by Crippen LogP contribution is 2.32. The van der Waals surface area contributed by atoms with Crippen LogP contribution < -0.4 is 0 Å². The number of carbonyl (C=O) groups excluding carboxylic acids is 1. The molecule has 0 aliphatic carbocycles. The van der Waals surface area contributed by atoms with Gasteiger partial charge in [0.1, 0.15) is 6.10 Å². The molecule has 5 nitrogen and oxygen atoms in total. The molecule has 0 spiro atoms. The minimum atomic E-state index is -0.248. The molecule has 0 N–H and O–H groups in total. The zero-order valence-electron chi connectivity index (χ0n) is 12.7. The number of pyridine rings is 1. The molecule has 0 radical (unpaired) electrons. The molecule has 2 fully saturated rings. The molecule has 0 aromatic carbocycles. The van der Waals surface area contributed by atoms with Crippen molar-refractivity contribution >= 4 is 5.91 Å². The molecule has 3 heterocycles. The molecular weight excluding hydrogens is 266 g/mol. The summed E-state index contributed by atoms with van der Waals surface area (Å²) in [6.07, 6.45) is 6.52. The molecule has 2 saturated heterocycles. The van der Waals surface area contributed by atoms with E-state index in [1.165, 1.54) is 5.56 Å². The van der Waals surface area contributed by atoms with Crippen molar-refractivity contribution in [3.05, 3.63) is 30.1 Å². The maximum absolute atomic E-state index is 12.0. The normalized spacial score (nSPS) is 29.1. The molecule has 3 atom stereocenters. The molecule has 2 aliphatic rings. The summed E-state index contributed by atoms with van der Waals surface area (Å²) >= 11 is 0. The number of hydrogen-bond donors (Lipinski definition) is 0. The van der Waals surface area contributed by atoms with E-state index < -0.39 is 0 Å². The van der Waals surface area contributed by atoms with Crippen LogP contribution >= 0.6 is 0 Å². The number of likely N-dealkylation sites (N-methyl/N-ethyl adjacent to an activating group) is 1. The van der Waals surface area contributed by atoms with Crippen LogP contribution in [-0.2, 0) is 16.1 Å². The highest BCUT2D eigenvalue weighted by Gasteiger charge is 2.41. The van der Waals surface area contributed by atoms with E-state index in [1.54, 1.807) is 19.0 Å². The molecule has 0 saturated carbocycles. The van der Waals surface area contributed by atoms with E-state index in [1.807, 2.05) is 12.4 Å². The lowest BCUT2D eigenvalue weighted by Crippen LogP contribution is -2.47. The van der Waals surface area contributed by atoms with Crippen LogP contribution in [0.5, 0.6) is 0 Å². The Morgan fingerprint density at radius 1 is 1.33 bits per heavy atom. The Bertz CT molecular complexity index is 492. The van der Waals surface area contributed by atoms with Crippen molar-refractivity contribution < 1.29 is 9.53 Å². The molecular formula is C16H23N3O2. The van der Waals surface area contributed by atoms with Gasteiger partial charge in [-0.25, -0.2) is 0 Å². The molecule has 1 aromatic rings. The van der Waals surface area contributed by atoms with Gasteiger partial charge in [0.2, 0.25) is 0 Å². The van der Waals surface area contributed by atoms with Gasteiger partial charge in [-0.2, -0.15) is 0 Å². The molecule has 114 valence electrons. The van der Waals surface area contributed by atoms with E-state index >= 15 is 0 Å². The molecule has 0 unspecified atom stereocenters. The third-order valence-electron chi connectivity index (χ3n) is 4.51. The molecule has 1 amide bonds. The van der Waals surface area contributed by atoms with Gasteiger partial charge in [0.05, 0.1) is 6.10 Å². The van der Waals surface area contributed by atoms with E-state index in [4.69, 9.17) is 4.74 Å². The Labute approximate surface area is 125 Å². The van der Waals surface area contributed by atoms with Crippen molar-refractivity contribution in [2.24, 2.45) is 0 Å². The number of carbonyl (C=O) groups is 1. The van der Waals surface area contributed by atoms with Gasteiger partial charge >= 0.3 is 0 Å². The maximum Gasteiger partial charge on any atom is 0.251 e. The van der Waals surface area contributed by atoms with Crippen molar-refractivity contribution in [3.63, 3.8) is 0 Å². The maximum atomic E-state index is 12.0. The van der Waals surface area contributed by atoms with Gasteiger partial charge in [-0.05, 0) is 37.0 Å². The number of amides is 1. The van der Waals surface area contributed by atoms with Crippen LogP contribution in [0.4, 0.5) is 0 Å². The third-order valence-corrected chi connectivity index (χ3v) is 4.51. The van der Waals surface area contributed by atoms with Crippen LogP contribution in [0.1, 0.15) is 24.8 Å². The zero-order valence-corrected chi connectivity index (χ0v) is 12.7. The van der Waals surface area contributed by atoms with E-state index in [0.717, 1.165) is 32.4 Å². The fraction of sp³-hybridized carbons (Fsp3) is 0.625. The Morgan fingerprint density at radius 2 is 2.10 bits per heavy atom. The van der Waals surface area contributed by atoms with Crippen LogP contribution in [-0.4, -0.2) is 59.6 Å². The van der Waals surface area contributed by atoms with E-state index in [-0.39, 0.29) is 18.1 Å². The zero-order chi connectivity index (χ0) is 14.8. The van der Waals surface area contributed by atoms with Crippen LogP contribution in [0.25, 0.3) is 0 Å². The average Bonchev–Trinajstić information content (AvgIpc) is 2.90. The smallest absolute Gasteiger partial charge is 0.251 e. The van der Waals surface area contributed by atoms with Gasteiger partial charge in [0, 0.05) is 45.6 Å². The number of nitrogens with zero attached hydrogens (tertiary/aromatic N) is 3. The van der Waals surface area contributed by atoms with Crippen molar-refractivity contribution in [2.75, 3.05) is 20.6 Å². The second kappa shape index (κ2) is 6.12. The van der Waals surface area contributed by atoms with E-state index in [0.29, 0.717) is 6.04 Å². The fourth-order valence-electron chi connectivity index (χ4n) is 3.40. The van der Waals surface area contributed by atoms with Crippen LogP contribution in [0.3, 0.4) is 0 Å². The van der Waals surface area contributed by atoms with Crippen molar-refractivity contribution in [1.82, 2.24) is 14.8 Å². The largest absolute Gasteiger partial charge is 0.363 e. The number of rotatable bonds is 3. The van der Waals surface area contributed by atoms with Gasteiger partial charge in [0.25, 0.3) is 5.91 Å². The fourth-order valence-corrected chi connectivity index (χ4v) is 3.40. The summed E-state index contributed by atoms with van der Waals surface area (Å²) in [5.41, 5.74) is 1.29. The first kappa shape index (κ1) is 14.5. The van der Waals surface area contributed by atoms with Crippen molar-refractivity contribution in [3.8, 4) is 0 Å². The summed E-state index contributed by atoms with van der Waals surface area (Å²) in [5.74, 6) is 0.0982. The molecule has 0 bridgehead atoms. The number of aromatic nitrogens is 1. The lowest BCUT2D eigenvalue weighted by molar-refractivity contribution is -0.152. The summed E-state index contributed by atoms with van der Waals surface area (Å²) < 4.78 is 6.06.